The summed E-state index contributed by atoms with van der Waals surface area (Å²) in [6, 6.07) is 10.7. The molecule has 106 valence electrons. The molecule has 0 saturated heterocycles. The number of para-hydroxylation sites is 1. The molecule has 0 amide bonds. The first-order valence-corrected chi connectivity index (χ1v) is 6.61. The zero-order chi connectivity index (χ0) is 14.4. The highest BCUT2D eigenvalue weighted by atomic mass is 35.5. The molecule has 1 N–H and O–H groups in total. The monoisotopic (exact) mass is 293 g/mol. The SMILES string of the molecule is COCCOc1ccccc1C(O)c1ncccc1Cl. The van der Waals surface area contributed by atoms with Gasteiger partial charge in [0.15, 0.2) is 0 Å². The normalized spacial score (nSPS) is 12.2. The minimum absolute atomic E-state index is 0.413. The topological polar surface area (TPSA) is 51.6 Å². The van der Waals surface area contributed by atoms with E-state index in [1.807, 2.05) is 12.1 Å². The standard InChI is InChI=1S/C15H16ClNO3/c1-19-9-10-20-13-7-3-2-5-11(13)15(18)14-12(16)6-4-8-17-14/h2-8,15,18H,9-10H2,1H3. The van der Waals surface area contributed by atoms with Crippen molar-refractivity contribution >= 4 is 11.6 Å². The van der Waals surface area contributed by atoms with E-state index in [0.717, 1.165) is 0 Å². The van der Waals surface area contributed by atoms with Crippen LogP contribution in [0.15, 0.2) is 42.6 Å². The third-order valence-corrected chi connectivity index (χ3v) is 3.12. The highest BCUT2D eigenvalue weighted by Gasteiger charge is 2.18. The molecular weight excluding hydrogens is 278 g/mol. The fraction of sp³-hybridized carbons (Fsp3) is 0.267. The van der Waals surface area contributed by atoms with Crippen molar-refractivity contribution < 1.29 is 14.6 Å². The first-order valence-electron chi connectivity index (χ1n) is 6.23. The number of methoxy groups -OCH3 is 1. The van der Waals surface area contributed by atoms with Crippen molar-refractivity contribution in [3.05, 3.63) is 58.9 Å². The predicted octanol–water partition coefficient (Wildman–Crippen LogP) is 2.84. The summed E-state index contributed by atoms with van der Waals surface area (Å²) in [5.74, 6) is 0.596. The highest BCUT2D eigenvalue weighted by molar-refractivity contribution is 6.31. The number of ether oxygens (including phenoxy) is 2. The van der Waals surface area contributed by atoms with Crippen molar-refractivity contribution in [3.63, 3.8) is 0 Å². The zero-order valence-corrected chi connectivity index (χ0v) is 11.9. The van der Waals surface area contributed by atoms with Gasteiger partial charge in [-0.1, -0.05) is 29.8 Å². The second-order valence-electron chi connectivity index (χ2n) is 4.15. The molecule has 0 aliphatic heterocycles. The minimum atomic E-state index is -0.928. The predicted molar refractivity (Wildman–Crippen MR) is 77.1 cm³/mol. The van der Waals surface area contributed by atoms with Gasteiger partial charge in [-0.2, -0.15) is 0 Å². The van der Waals surface area contributed by atoms with E-state index in [1.54, 1.807) is 37.6 Å². The molecule has 0 aliphatic carbocycles. The van der Waals surface area contributed by atoms with Gasteiger partial charge in [0, 0.05) is 18.9 Å². The summed E-state index contributed by atoms with van der Waals surface area (Å²) < 4.78 is 10.6. The molecule has 5 heteroatoms. The molecule has 20 heavy (non-hydrogen) atoms. The highest BCUT2D eigenvalue weighted by Crippen LogP contribution is 2.31. The molecule has 1 heterocycles. The average molecular weight is 294 g/mol. The lowest BCUT2D eigenvalue weighted by Crippen LogP contribution is -2.09. The number of aliphatic hydroxyl groups excluding tert-OH is 1. The molecule has 1 atom stereocenters. The van der Waals surface area contributed by atoms with Gasteiger partial charge in [0.1, 0.15) is 18.5 Å². The number of aromatic nitrogens is 1. The van der Waals surface area contributed by atoms with Crippen molar-refractivity contribution in [1.29, 1.82) is 0 Å². The lowest BCUT2D eigenvalue weighted by atomic mass is 10.0. The third kappa shape index (κ3) is 3.48. The maximum Gasteiger partial charge on any atom is 0.126 e. The number of aliphatic hydroxyl groups is 1. The Labute approximate surface area is 122 Å². The van der Waals surface area contributed by atoms with E-state index < -0.39 is 6.10 Å². The van der Waals surface area contributed by atoms with Crippen LogP contribution in [-0.4, -0.2) is 30.4 Å². The van der Waals surface area contributed by atoms with E-state index in [4.69, 9.17) is 21.1 Å². The van der Waals surface area contributed by atoms with Crippen LogP contribution in [-0.2, 0) is 4.74 Å². The molecule has 0 fully saturated rings. The Bertz CT molecular complexity index is 562. The smallest absolute Gasteiger partial charge is 0.126 e. The molecule has 1 aromatic heterocycles. The van der Waals surface area contributed by atoms with Crippen LogP contribution < -0.4 is 4.74 Å². The Kier molecular flexibility index (Phi) is 5.35. The molecule has 0 saturated carbocycles. The van der Waals surface area contributed by atoms with Crippen LogP contribution >= 0.6 is 11.6 Å². The van der Waals surface area contributed by atoms with E-state index in [0.29, 0.717) is 35.2 Å². The molecule has 0 aliphatic rings. The van der Waals surface area contributed by atoms with Crippen molar-refractivity contribution in [2.24, 2.45) is 0 Å². The number of nitrogens with zero attached hydrogens (tertiary/aromatic N) is 1. The third-order valence-electron chi connectivity index (χ3n) is 2.80. The van der Waals surface area contributed by atoms with Crippen LogP contribution in [0.25, 0.3) is 0 Å². The van der Waals surface area contributed by atoms with Gasteiger partial charge in [-0.25, -0.2) is 0 Å². The minimum Gasteiger partial charge on any atom is -0.491 e. The number of hydrogen-bond donors (Lipinski definition) is 1. The van der Waals surface area contributed by atoms with Gasteiger partial charge in [-0.05, 0) is 18.2 Å². The quantitative estimate of drug-likeness (QED) is 0.832. The Balaban J connectivity index is 2.25. The maximum atomic E-state index is 10.5. The van der Waals surface area contributed by atoms with Crippen molar-refractivity contribution in [3.8, 4) is 5.75 Å². The van der Waals surface area contributed by atoms with Crippen molar-refractivity contribution in [2.45, 2.75) is 6.10 Å². The molecule has 0 bridgehead atoms. The van der Waals surface area contributed by atoms with E-state index in [-0.39, 0.29) is 0 Å². The summed E-state index contributed by atoms with van der Waals surface area (Å²) in [7, 11) is 1.61. The second-order valence-corrected chi connectivity index (χ2v) is 4.56. The van der Waals surface area contributed by atoms with Gasteiger partial charge < -0.3 is 14.6 Å². The van der Waals surface area contributed by atoms with Crippen LogP contribution in [0, 0.1) is 0 Å². The molecule has 2 aromatic rings. The Hall–Kier alpha value is -1.62. The average Bonchev–Trinajstić information content (AvgIpc) is 2.48. The van der Waals surface area contributed by atoms with Gasteiger partial charge in [0.2, 0.25) is 0 Å². The summed E-state index contributed by atoms with van der Waals surface area (Å²) in [5.41, 5.74) is 1.04. The summed E-state index contributed by atoms with van der Waals surface area (Å²) in [4.78, 5) is 4.13. The van der Waals surface area contributed by atoms with Gasteiger partial charge in [-0.3, -0.25) is 4.98 Å². The number of benzene rings is 1. The van der Waals surface area contributed by atoms with Crippen LogP contribution in [0.1, 0.15) is 17.4 Å². The molecule has 1 unspecified atom stereocenters. The first-order chi connectivity index (χ1) is 9.74. The summed E-state index contributed by atoms with van der Waals surface area (Å²) >= 11 is 6.06. The molecule has 1 aromatic carbocycles. The lowest BCUT2D eigenvalue weighted by molar-refractivity contribution is 0.142. The van der Waals surface area contributed by atoms with Crippen LogP contribution in [0.5, 0.6) is 5.75 Å². The molecular formula is C15H16ClNO3. The summed E-state index contributed by atoms with van der Waals surface area (Å²) in [6.07, 6.45) is 0.668. The fourth-order valence-corrected chi connectivity index (χ4v) is 2.04. The molecule has 0 spiro atoms. The van der Waals surface area contributed by atoms with E-state index >= 15 is 0 Å². The second kappa shape index (κ2) is 7.24. The zero-order valence-electron chi connectivity index (χ0n) is 11.1. The van der Waals surface area contributed by atoms with Crippen LogP contribution in [0.2, 0.25) is 5.02 Å². The van der Waals surface area contributed by atoms with Gasteiger partial charge in [0.25, 0.3) is 0 Å². The molecule has 0 radical (unpaired) electrons. The molecule has 4 nitrogen and oxygen atoms in total. The number of rotatable bonds is 6. The fourth-order valence-electron chi connectivity index (χ4n) is 1.82. The van der Waals surface area contributed by atoms with E-state index in [2.05, 4.69) is 4.98 Å². The van der Waals surface area contributed by atoms with Crippen LogP contribution in [0.3, 0.4) is 0 Å². The number of halogens is 1. The first kappa shape index (κ1) is 14.8. The van der Waals surface area contributed by atoms with Gasteiger partial charge in [-0.15, -0.1) is 0 Å². The van der Waals surface area contributed by atoms with Gasteiger partial charge in [0.05, 0.1) is 17.3 Å². The number of pyridine rings is 1. The Morgan fingerprint density at radius 2 is 2.00 bits per heavy atom. The number of hydrogen-bond acceptors (Lipinski definition) is 4. The Morgan fingerprint density at radius 3 is 2.75 bits per heavy atom. The van der Waals surface area contributed by atoms with Gasteiger partial charge >= 0.3 is 0 Å². The largest absolute Gasteiger partial charge is 0.491 e. The maximum absolute atomic E-state index is 10.5. The van der Waals surface area contributed by atoms with Crippen LogP contribution in [0.4, 0.5) is 0 Å². The van der Waals surface area contributed by atoms with Crippen molar-refractivity contribution in [1.82, 2.24) is 4.98 Å². The van der Waals surface area contributed by atoms with Crippen molar-refractivity contribution in [2.75, 3.05) is 20.3 Å². The molecule has 2 rings (SSSR count). The lowest BCUT2D eigenvalue weighted by Gasteiger charge is -2.16. The summed E-state index contributed by atoms with van der Waals surface area (Å²) in [5, 5.41) is 10.9. The van der Waals surface area contributed by atoms with E-state index in [1.165, 1.54) is 0 Å². The van der Waals surface area contributed by atoms with E-state index in [9.17, 15) is 5.11 Å². The summed E-state index contributed by atoms with van der Waals surface area (Å²) in [6.45, 7) is 0.894. The Morgan fingerprint density at radius 1 is 1.20 bits per heavy atom.